The van der Waals surface area contributed by atoms with Crippen LogP contribution in [0.15, 0.2) is 23.8 Å². The SMILES string of the molecule is CCC(=O)OCC(=O)[C@@]1(OC(=O)CC)[C@@H](C)C[C@H]2[C@@H]3CCC4=CC(=O)C=C[C@]4(C)[C@@]3(Cl)[C@@H](O)C[C@@]21C.CCCCCC. The van der Waals surface area contributed by atoms with Gasteiger partial charge in [-0.2, -0.15) is 0 Å². The number of halogens is 1. The maximum absolute atomic E-state index is 13.9. The lowest BCUT2D eigenvalue weighted by Gasteiger charge is -2.64. The van der Waals surface area contributed by atoms with E-state index in [1.54, 1.807) is 19.9 Å². The Hall–Kier alpha value is -1.99. The van der Waals surface area contributed by atoms with Gasteiger partial charge in [-0.15, -0.1) is 11.6 Å². The number of ether oxygens (including phenoxy) is 2. The molecular weight excluding hydrogens is 556 g/mol. The number of ketones is 2. The van der Waals surface area contributed by atoms with Gasteiger partial charge in [-0.1, -0.05) is 85.8 Å². The van der Waals surface area contributed by atoms with E-state index in [1.165, 1.54) is 31.8 Å². The minimum Gasteiger partial charge on any atom is -0.457 e. The third-order valence-electron chi connectivity index (χ3n) is 10.8. The summed E-state index contributed by atoms with van der Waals surface area (Å²) < 4.78 is 11.3. The molecule has 0 heterocycles. The van der Waals surface area contributed by atoms with Crippen LogP contribution in [-0.4, -0.2) is 51.8 Å². The van der Waals surface area contributed by atoms with Crippen LogP contribution in [0.4, 0.5) is 0 Å². The number of carbonyl (C=O) groups is 4. The quantitative estimate of drug-likeness (QED) is 0.177. The van der Waals surface area contributed by atoms with E-state index in [-0.39, 0.29) is 42.8 Å². The summed E-state index contributed by atoms with van der Waals surface area (Å²) in [6.45, 7) is 13.1. The van der Waals surface area contributed by atoms with Gasteiger partial charge in [0.15, 0.2) is 18.0 Å². The van der Waals surface area contributed by atoms with Crippen molar-refractivity contribution >= 4 is 35.1 Å². The molecule has 0 unspecified atom stereocenters. The number of allylic oxidation sites excluding steroid dienone is 4. The van der Waals surface area contributed by atoms with Gasteiger partial charge in [0, 0.05) is 29.6 Å². The van der Waals surface area contributed by atoms with Gasteiger partial charge < -0.3 is 14.6 Å². The van der Waals surface area contributed by atoms with E-state index < -0.39 is 51.7 Å². The Balaban J connectivity index is 0.000000730. The van der Waals surface area contributed by atoms with Crippen LogP contribution in [0.5, 0.6) is 0 Å². The zero-order chi connectivity index (χ0) is 31.5. The van der Waals surface area contributed by atoms with E-state index in [2.05, 4.69) is 13.8 Å². The molecule has 8 atom stereocenters. The molecule has 3 fully saturated rings. The molecule has 0 aliphatic heterocycles. The number of rotatable bonds is 9. The Morgan fingerprint density at radius 2 is 1.64 bits per heavy atom. The van der Waals surface area contributed by atoms with Crippen LogP contribution in [0.2, 0.25) is 0 Å². The van der Waals surface area contributed by atoms with Crippen molar-refractivity contribution in [2.45, 2.75) is 129 Å². The minimum absolute atomic E-state index is 0.0801. The highest BCUT2D eigenvalue weighted by Gasteiger charge is 2.76. The molecule has 3 saturated carbocycles. The molecule has 0 aromatic rings. The van der Waals surface area contributed by atoms with Gasteiger partial charge in [0.05, 0.1) is 11.0 Å². The summed E-state index contributed by atoms with van der Waals surface area (Å²) in [7, 11) is 0. The van der Waals surface area contributed by atoms with Crippen molar-refractivity contribution in [3.8, 4) is 0 Å². The fourth-order valence-electron chi connectivity index (χ4n) is 8.51. The molecule has 0 aromatic heterocycles. The van der Waals surface area contributed by atoms with Crippen molar-refractivity contribution in [2.24, 2.45) is 28.6 Å². The molecular formula is C34H51ClO7. The summed E-state index contributed by atoms with van der Waals surface area (Å²) in [5.74, 6) is -2.24. The van der Waals surface area contributed by atoms with Gasteiger partial charge in [0.25, 0.3) is 0 Å². The smallest absolute Gasteiger partial charge is 0.306 e. The monoisotopic (exact) mass is 606 g/mol. The summed E-state index contributed by atoms with van der Waals surface area (Å²) >= 11 is 7.48. The molecule has 0 saturated heterocycles. The number of unbranched alkanes of at least 4 members (excludes halogenated alkanes) is 3. The number of carbonyl (C=O) groups excluding carboxylic acids is 4. The summed E-state index contributed by atoms with van der Waals surface area (Å²) in [6, 6.07) is 0. The molecule has 0 aromatic carbocycles. The van der Waals surface area contributed by atoms with Gasteiger partial charge in [0.1, 0.15) is 0 Å². The third kappa shape index (κ3) is 5.53. The minimum atomic E-state index is -1.55. The number of Topliss-reactive ketones (excluding diaryl/α,β-unsaturated/α-hetero) is 1. The van der Waals surface area contributed by atoms with Crippen LogP contribution in [0.1, 0.15) is 113 Å². The van der Waals surface area contributed by atoms with Gasteiger partial charge in [0.2, 0.25) is 5.78 Å². The van der Waals surface area contributed by atoms with Gasteiger partial charge in [-0.05, 0) is 49.7 Å². The Morgan fingerprint density at radius 3 is 2.21 bits per heavy atom. The molecule has 0 bridgehead atoms. The molecule has 1 N–H and O–H groups in total. The lowest BCUT2D eigenvalue weighted by Crippen LogP contribution is -2.69. The van der Waals surface area contributed by atoms with Gasteiger partial charge in [-0.25, -0.2) is 0 Å². The van der Waals surface area contributed by atoms with Crippen LogP contribution >= 0.6 is 11.6 Å². The maximum atomic E-state index is 13.9. The van der Waals surface area contributed by atoms with Crippen LogP contribution in [0.3, 0.4) is 0 Å². The third-order valence-corrected chi connectivity index (χ3v) is 11.7. The normalized spacial score (nSPS) is 38.2. The second-order valence-electron chi connectivity index (χ2n) is 13.1. The molecule has 4 rings (SSSR count). The average Bonchev–Trinajstić information content (AvgIpc) is 3.17. The largest absolute Gasteiger partial charge is 0.457 e. The highest BCUT2D eigenvalue weighted by molar-refractivity contribution is 6.26. The fraction of sp³-hybridized carbons (Fsp3) is 0.765. The lowest BCUT2D eigenvalue weighted by molar-refractivity contribution is -0.203. The fourth-order valence-corrected chi connectivity index (χ4v) is 9.03. The van der Waals surface area contributed by atoms with E-state index in [9.17, 15) is 24.3 Å². The first-order valence-corrected chi connectivity index (χ1v) is 16.3. The van der Waals surface area contributed by atoms with Crippen molar-refractivity contribution in [3.63, 3.8) is 0 Å². The van der Waals surface area contributed by atoms with E-state index >= 15 is 0 Å². The van der Waals surface area contributed by atoms with Crippen molar-refractivity contribution in [3.05, 3.63) is 23.8 Å². The number of aliphatic hydroxyl groups excluding tert-OH is 1. The highest BCUT2D eigenvalue weighted by atomic mass is 35.5. The molecule has 8 heteroatoms. The maximum Gasteiger partial charge on any atom is 0.306 e. The Bertz CT molecular complexity index is 1110. The second kappa shape index (κ2) is 13.3. The summed E-state index contributed by atoms with van der Waals surface area (Å²) in [5, 5.41) is 11.8. The van der Waals surface area contributed by atoms with Crippen molar-refractivity contribution < 1.29 is 33.8 Å². The molecule has 7 nitrogen and oxygen atoms in total. The first-order valence-electron chi connectivity index (χ1n) is 15.9. The lowest BCUT2D eigenvalue weighted by atomic mass is 9.45. The van der Waals surface area contributed by atoms with Crippen LogP contribution in [0, 0.1) is 28.6 Å². The average molecular weight is 607 g/mol. The Labute approximate surface area is 256 Å². The summed E-state index contributed by atoms with van der Waals surface area (Å²) in [5.41, 5.74) is -2.27. The number of hydrogen-bond donors (Lipinski definition) is 1. The number of fused-ring (bicyclic) bond motifs is 5. The standard InChI is InChI=1S/C28H37ClO7.C6H14/c1-6-23(33)35-15-22(32)28(36-24(34)7-2)16(3)12-20-19-9-8-17-13-18(30)10-11-25(17,4)27(19,29)21(31)14-26(20,28)5;1-3-5-6-4-2/h10-11,13,16,19-21,31H,6-9,12,14-15H2,1-5H3;3-6H2,1-2H3/t16-,19-,20-,21-,25-,26-,27-,28-;/m0./s1. The van der Waals surface area contributed by atoms with Crippen molar-refractivity contribution in [1.29, 1.82) is 0 Å². The van der Waals surface area contributed by atoms with E-state index in [4.69, 9.17) is 21.1 Å². The summed E-state index contributed by atoms with van der Waals surface area (Å²) in [4.78, 5) is 49.5. The first kappa shape index (κ1) is 34.5. The highest BCUT2D eigenvalue weighted by Crippen LogP contribution is 2.72. The Kier molecular flexibility index (Phi) is 11.0. The topological polar surface area (TPSA) is 107 Å². The number of alkyl halides is 1. The number of aliphatic hydroxyl groups is 1. The van der Waals surface area contributed by atoms with Crippen LogP contribution < -0.4 is 0 Å². The van der Waals surface area contributed by atoms with Crippen molar-refractivity contribution in [1.82, 2.24) is 0 Å². The first-order chi connectivity index (χ1) is 19.7. The van der Waals surface area contributed by atoms with E-state index in [0.717, 1.165) is 5.57 Å². The molecule has 4 aliphatic rings. The molecule has 0 spiro atoms. The molecule has 4 aliphatic carbocycles. The Morgan fingerprint density at radius 1 is 1.02 bits per heavy atom. The van der Waals surface area contributed by atoms with Gasteiger partial charge in [-0.3, -0.25) is 19.2 Å². The van der Waals surface area contributed by atoms with Gasteiger partial charge >= 0.3 is 11.9 Å². The second-order valence-corrected chi connectivity index (χ2v) is 13.7. The predicted molar refractivity (Wildman–Crippen MR) is 163 cm³/mol. The summed E-state index contributed by atoms with van der Waals surface area (Å²) in [6.07, 6.45) is 11.7. The molecule has 236 valence electrons. The molecule has 0 amide bonds. The zero-order valence-electron chi connectivity index (χ0n) is 26.6. The molecule has 42 heavy (non-hydrogen) atoms. The van der Waals surface area contributed by atoms with Crippen LogP contribution in [0.25, 0.3) is 0 Å². The van der Waals surface area contributed by atoms with Crippen molar-refractivity contribution in [2.75, 3.05) is 6.61 Å². The molecule has 0 radical (unpaired) electrons. The number of esters is 2. The number of hydrogen-bond acceptors (Lipinski definition) is 7. The van der Waals surface area contributed by atoms with E-state index in [1.807, 2.05) is 26.8 Å². The predicted octanol–water partition coefficient (Wildman–Crippen LogP) is 6.67. The van der Waals surface area contributed by atoms with E-state index in [0.29, 0.717) is 19.3 Å². The van der Waals surface area contributed by atoms with Crippen LogP contribution in [-0.2, 0) is 28.7 Å². The zero-order valence-corrected chi connectivity index (χ0v) is 27.4.